The van der Waals surface area contributed by atoms with Crippen LogP contribution in [0, 0.1) is 13.8 Å². The predicted molar refractivity (Wildman–Crippen MR) is 108 cm³/mol. The van der Waals surface area contributed by atoms with E-state index in [2.05, 4.69) is 5.10 Å². The number of aryl methyl sites for hydroxylation is 2. The van der Waals surface area contributed by atoms with Gasteiger partial charge >= 0.3 is 0 Å². The standard InChI is InChI=1S/C20H26N4O3S/c1-4-24-17(3)20(16(2)21-24)28(26,27)23-14-12-22(13-15-23)19(25)11-10-18-8-6-5-7-9-18/h5-11H,4,12-15H2,1-3H3. The summed E-state index contributed by atoms with van der Waals surface area (Å²) in [4.78, 5) is 14.4. The first-order valence-corrected chi connectivity index (χ1v) is 10.8. The molecule has 28 heavy (non-hydrogen) atoms. The number of rotatable bonds is 5. The van der Waals surface area contributed by atoms with E-state index < -0.39 is 10.0 Å². The van der Waals surface area contributed by atoms with Crippen LogP contribution in [0.1, 0.15) is 23.9 Å². The molecule has 150 valence electrons. The number of carbonyl (C=O) groups is 1. The van der Waals surface area contributed by atoms with E-state index in [1.807, 2.05) is 37.3 Å². The van der Waals surface area contributed by atoms with Crippen LogP contribution in [0.5, 0.6) is 0 Å². The summed E-state index contributed by atoms with van der Waals surface area (Å²) in [6.45, 7) is 7.37. The molecule has 2 heterocycles. The number of aromatic nitrogens is 2. The average Bonchev–Trinajstić information content (AvgIpc) is 3.01. The van der Waals surface area contributed by atoms with Crippen LogP contribution in [0.15, 0.2) is 41.3 Å². The van der Waals surface area contributed by atoms with E-state index in [1.165, 1.54) is 4.31 Å². The molecule has 1 aliphatic heterocycles. The van der Waals surface area contributed by atoms with Crippen molar-refractivity contribution in [2.75, 3.05) is 26.2 Å². The number of sulfonamides is 1. The molecule has 0 aliphatic carbocycles. The van der Waals surface area contributed by atoms with Gasteiger partial charge in [0.15, 0.2) is 0 Å². The van der Waals surface area contributed by atoms with Crippen molar-refractivity contribution < 1.29 is 13.2 Å². The van der Waals surface area contributed by atoms with Crippen LogP contribution in [-0.2, 0) is 21.4 Å². The third-order valence-corrected chi connectivity index (χ3v) is 7.13. The van der Waals surface area contributed by atoms with Crippen molar-refractivity contribution in [3.05, 3.63) is 53.4 Å². The molecule has 0 bridgehead atoms. The molecule has 1 aromatic heterocycles. The van der Waals surface area contributed by atoms with Gasteiger partial charge in [0, 0.05) is 38.8 Å². The molecule has 1 aliphatic rings. The Morgan fingerprint density at radius 3 is 2.32 bits per heavy atom. The SMILES string of the molecule is CCn1nc(C)c(S(=O)(=O)N2CCN(C(=O)C=Cc3ccccc3)CC2)c1C. The molecule has 8 heteroatoms. The largest absolute Gasteiger partial charge is 0.337 e. The molecular formula is C20H26N4O3S. The minimum absolute atomic E-state index is 0.105. The van der Waals surface area contributed by atoms with Gasteiger partial charge in [-0.25, -0.2) is 8.42 Å². The van der Waals surface area contributed by atoms with Crippen molar-refractivity contribution in [3.8, 4) is 0 Å². The van der Waals surface area contributed by atoms with Gasteiger partial charge in [-0.1, -0.05) is 30.3 Å². The first-order chi connectivity index (χ1) is 13.3. The van der Waals surface area contributed by atoms with E-state index >= 15 is 0 Å². The number of carbonyl (C=O) groups excluding carboxylic acids is 1. The maximum atomic E-state index is 13.1. The third-order valence-electron chi connectivity index (χ3n) is 4.98. The number of hydrogen-bond acceptors (Lipinski definition) is 4. The number of piperazine rings is 1. The van der Waals surface area contributed by atoms with Crippen molar-refractivity contribution in [1.29, 1.82) is 0 Å². The van der Waals surface area contributed by atoms with E-state index in [9.17, 15) is 13.2 Å². The lowest BCUT2D eigenvalue weighted by molar-refractivity contribution is -0.127. The highest BCUT2D eigenvalue weighted by molar-refractivity contribution is 7.89. The lowest BCUT2D eigenvalue weighted by atomic mass is 10.2. The highest BCUT2D eigenvalue weighted by Gasteiger charge is 2.33. The number of amides is 1. The summed E-state index contributed by atoms with van der Waals surface area (Å²) in [6, 6.07) is 9.61. The van der Waals surface area contributed by atoms with Gasteiger partial charge in [0.2, 0.25) is 15.9 Å². The summed E-state index contributed by atoms with van der Waals surface area (Å²) in [5.74, 6) is -0.105. The Hall–Kier alpha value is -2.45. The molecule has 0 saturated carbocycles. The molecule has 1 aromatic carbocycles. The highest BCUT2D eigenvalue weighted by atomic mass is 32.2. The van der Waals surface area contributed by atoms with Crippen LogP contribution < -0.4 is 0 Å². The van der Waals surface area contributed by atoms with E-state index in [4.69, 9.17) is 0 Å². The lowest BCUT2D eigenvalue weighted by Crippen LogP contribution is -2.50. The van der Waals surface area contributed by atoms with Crippen LogP contribution in [-0.4, -0.2) is 59.5 Å². The summed E-state index contributed by atoms with van der Waals surface area (Å²) in [6.07, 6.45) is 3.32. The molecule has 0 N–H and O–H groups in total. The summed E-state index contributed by atoms with van der Waals surface area (Å²) in [7, 11) is -3.62. The zero-order valence-electron chi connectivity index (χ0n) is 16.5. The van der Waals surface area contributed by atoms with Crippen molar-refractivity contribution in [2.45, 2.75) is 32.2 Å². The van der Waals surface area contributed by atoms with Crippen molar-refractivity contribution in [3.63, 3.8) is 0 Å². The maximum absolute atomic E-state index is 13.1. The normalized spacial score (nSPS) is 16.0. The average molecular weight is 403 g/mol. The molecule has 1 fully saturated rings. The Morgan fingerprint density at radius 2 is 1.75 bits per heavy atom. The first-order valence-electron chi connectivity index (χ1n) is 9.40. The Balaban J connectivity index is 1.67. The smallest absolute Gasteiger partial charge is 0.246 e. The summed E-state index contributed by atoms with van der Waals surface area (Å²) in [5.41, 5.74) is 2.13. The van der Waals surface area contributed by atoms with E-state index in [1.54, 1.807) is 35.6 Å². The van der Waals surface area contributed by atoms with Gasteiger partial charge in [-0.05, 0) is 32.4 Å². The van der Waals surface area contributed by atoms with Crippen LogP contribution in [0.3, 0.4) is 0 Å². The molecule has 0 radical (unpaired) electrons. The van der Waals surface area contributed by atoms with Gasteiger partial charge in [-0.15, -0.1) is 0 Å². The molecule has 0 spiro atoms. The third kappa shape index (κ3) is 4.02. The molecule has 3 rings (SSSR count). The monoisotopic (exact) mass is 402 g/mol. The minimum Gasteiger partial charge on any atom is -0.337 e. The second-order valence-corrected chi connectivity index (χ2v) is 8.66. The molecule has 0 atom stereocenters. The predicted octanol–water partition coefficient (Wildman–Crippen LogP) is 2.07. The summed E-state index contributed by atoms with van der Waals surface area (Å²) < 4.78 is 29.4. The van der Waals surface area contributed by atoms with Gasteiger partial charge in [0.05, 0.1) is 11.4 Å². The van der Waals surface area contributed by atoms with Crippen molar-refractivity contribution in [1.82, 2.24) is 19.0 Å². The Kier molecular flexibility index (Phi) is 6.00. The van der Waals surface area contributed by atoms with Crippen LogP contribution in [0.25, 0.3) is 6.08 Å². The molecule has 1 saturated heterocycles. The second-order valence-electron chi connectivity index (χ2n) is 6.79. The fourth-order valence-corrected chi connectivity index (χ4v) is 5.27. The Labute approximate surface area is 166 Å². The first kappa shape index (κ1) is 20.3. The van der Waals surface area contributed by atoms with E-state index in [0.717, 1.165) is 5.56 Å². The van der Waals surface area contributed by atoms with Gasteiger partial charge in [0.25, 0.3) is 0 Å². The minimum atomic E-state index is -3.62. The van der Waals surface area contributed by atoms with Gasteiger partial charge in [0.1, 0.15) is 4.90 Å². The zero-order chi connectivity index (χ0) is 20.3. The quantitative estimate of drug-likeness (QED) is 0.718. The lowest BCUT2D eigenvalue weighted by Gasteiger charge is -2.33. The summed E-state index contributed by atoms with van der Waals surface area (Å²) in [5, 5.41) is 4.32. The molecular weight excluding hydrogens is 376 g/mol. The fraction of sp³-hybridized carbons (Fsp3) is 0.400. The topological polar surface area (TPSA) is 75.5 Å². The molecule has 1 amide bonds. The Bertz CT molecular complexity index is 972. The molecule has 7 nitrogen and oxygen atoms in total. The molecule has 0 unspecified atom stereocenters. The fourth-order valence-electron chi connectivity index (χ4n) is 3.48. The summed E-state index contributed by atoms with van der Waals surface area (Å²) >= 11 is 0. The van der Waals surface area contributed by atoms with Crippen molar-refractivity contribution in [2.24, 2.45) is 0 Å². The number of benzene rings is 1. The maximum Gasteiger partial charge on any atom is 0.246 e. The van der Waals surface area contributed by atoms with E-state index in [-0.39, 0.29) is 23.9 Å². The highest BCUT2D eigenvalue weighted by Crippen LogP contribution is 2.24. The van der Waals surface area contributed by atoms with Gasteiger partial charge < -0.3 is 4.90 Å². The van der Waals surface area contributed by atoms with Crippen LogP contribution in [0.4, 0.5) is 0 Å². The van der Waals surface area contributed by atoms with Crippen LogP contribution >= 0.6 is 0 Å². The zero-order valence-corrected chi connectivity index (χ0v) is 17.3. The Morgan fingerprint density at radius 1 is 1.11 bits per heavy atom. The molecule has 2 aromatic rings. The number of nitrogens with zero attached hydrogens (tertiary/aromatic N) is 4. The number of hydrogen-bond donors (Lipinski definition) is 0. The van der Waals surface area contributed by atoms with Gasteiger partial charge in [-0.2, -0.15) is 9.40 Å². The van der Waals surface area contributed by atoms with E-state index in [0.29, 0.717) is 31.0 Å². The van der Waals surface area contributed by atoms with Crippen LogP contribution in [0.2, 0.25) is 0 Å². The van der Waals surface area contributed by atoms with Gasteiger partial charge in [-0.3, -0.25) is 9.48 Å². The second kappa shape index (κ2) is 8.28. The van der Waals surface area contributed by atoms with Crippen molar-refractivity contribution >= 4 is 22.0 Å².